The summed E-state index contributed by atoms with van der Waals surface area (Å²) in [7, 11) is -4.37. The molecule has 1 aromatic heterocycles. The van der Waals surface area contributed by atoms with E-state index in [-0.39, 0.29) is 18.1 Å². The fraction of sp³-hybridized carbons (Fsp3) is 0.304. The fourth-order valence-electron chi connectivity index (χ4n) is 3.89. The van der Waals surface area contributed by atoms with Crippen molar-refractivity contribution in [2.24, 2.45) is 0 Å². The molecule has 10 heteroatoms. The molecular formula is C23H25BrFN2O5P. The Balaban J connectivity index is 1.66. The molecule has 3 rings (SSSR count). The van der Waals surface area contributed by atoms with Crippen molar-refractivity contribution in [2.75, 3.05) is 5.32 Å². The number of carbonyl (C=O) groups excluding carboxylic acids is 1. The van der Waals surface area contributed by atoms with Gasteiger partial charge in [0.15, 0.2) is 5.76 Å². The van der Waals surface area contributed by atoms with Crippen LogP contribution >= 0.6 is 23.5 Å². The lowest BCUT2D eigenvalue weighted by Crippen LogP contribution is -2.24. The van der Waals surface area contributed by atoms with E-state index in [0.717, 1.165) is 5.56 Å². The molecule has 0 aliphatic rings. The van der Waals surface area contributed by atoms with Crippen molar-refractivity contribution in [1.29, 1.82) is 0 Å². The summed E-state index contributed by atoms with van der Waals surface area (Å²) >= 11 is 3.15. The van der Waals surface area contributed by atoms with Gasteiger partial charge in [0, 0.05) is 23.2 Å². The third kappa shape index (κ3) is 5.44. The van der Waals surface area contributed by atoms with E-state index in [0.29, 0.717) is 46.3 Å². The summed E-state index contributed by atoms with van der Waals surface area (Å²) in [6.07, 6.45) is 2.65. The number of amides is 1. The third-order valence-corrected chi connectivity index (χ3v) is 8.49. The van der Waals surface area contributed by atoms with Gasteiger partial charge in [-0.2, -0.15) is 0 Å². The fourth-order valence-corrected chi connectivity index (χ4v) is 5.58. The first-order valence-electron chi connectivity index (χ1n) is 10.5. The second-order valence-corrected chi connectivity index (χ2v) is 10.5. The molecule has 3 aromatic rings. The van der Waals surface area contributed by atoms with E-state index in [1.807, 2.05) is 0 Å². The van der Waals surface area contributed by atoms with E-state index in [1.54, 1.807) is 50.2 Å². The van der Waals surface area contributed by atoms with Gasteiger partial charge in [-0.3, -0.25) is 9.36 Å². The summed E-state index contributed by atoms with van der Waals surface area (Å²) in [5.41, 5.74) is 2.44. The van der Waals surface area contributed by atoms with Crippen LogP contribution in [-0.4, -0.2) is 20.9 Å². The SMILES string of the molecule is CCC(CC)(c1ccc(NC(=O)CCc2cnoc2-c2ccc(F)c(Br)c2)cc1)P(=O)(O)O. The summed E-state index contributed by atoms with van der Waals surface area (Å²) in [4.78, 5) is 32.3. The van der Waals surface area contributed by atoms with Crippen LogP contribution in [0.25, 0.3) is 11.3 Å². The summed E-state index contributed by atoms with van der Waals surface area (Å²) in [6.45, 7) is 3.50. The number of hydrogen-bond donors (Lipinski definition) is 3. The van der Waals surface area contributed by atoms with Crippen molar-refractivity contribution >= 4 is 35.1 Å². The van der Waals surface area contributed by atoms with Gasteiger partial charge in [-0.15, -0.1) is 0 Å². The largest absolute Gasteiger partial charge is 0.356 e. The highest BCUT2D eigenvalue weighted by molar-refractivity contribution is 9.10. The summed E-state index contributed by atoms with van der Waals surface area (Å²) in [6, 6.07) is 11.1. The molecule has 0 fully saturated rings. The predicted octanol–water partition coefficient (Wildman–Crippen LogP) is 6.01. The standard InChI is InChI=1S/C23H25BrFN2O5P/c1-3-23(4-2,33(29,30)31)17-7-9-18(10-8-17)27-21(28)12-6-16-14-26-32-22(16)15-5-11-20(25)19(24)13-15/h5,7-11,13-14H,3-4,6,12H2,1-2H3,(H,27,28)(H2,29,30,31). The minimum Gasteiger partial charge on any atom is -0.356 e. The van der Waals surface area contributed by atoms with Gasteiger partial charge >= 0.3 is 7.60 Å². The highest BCUT2D eigenvalue weighted by Gasteiger charge is 2.45. The van der Waals surface area contributed by atoms with Crippen LogP contribution in [0.3, 0.4) is 0 Å². The number of benzene rings is 2. The van der Waals surface area contributed by atoms with E-state index in [4.69, 9.17) is 4.52 Å². The first kappa shape index (κ1) is 25.3. The van der Waals surface area contributed by atoms with Crippen LogP contribution in [0, 0.1) is 5.82 Å². The predicted molar refractivity (Wildman–Crippen MR) is 127 cm³/mol. The molecule has 0 spiro atoms. The molecule has 0 aliphatic carbocycles. The number of aromatic nitrogens is 1. The van der Waals surface area contributed by atoms with Crippen LogP contribution in [-0.2, 0) is 20.9 Å². The molecule has 0 radical (unpaired) electrons. The lowest BCUT2D eigenvalue weighted by atomic mass is 9.92. The van der Waals surface area contributed by atoms with Gasteiger partial charge in [0.25, 0.3) is 0 Å². The number of rotatable bonds is 9. The molecule has 0 atom stereocenters. The van der Waals surface area contributed by atoms with Crippen LogP contribution in [0.2, 0.25) is 0 Å². The highest BCUT2D eigenvalue weighted by atomic mass is 79.9. The number of anilines is 1. The molecule has 3 N–H and O–H groups in total. The zero-order chi connectivity index (χ0) is 24.2. The quantitative estimate of drug-likeness (QED) is 0.287. The molecule has 33 heavy (non-hydrogen) atoms. The second kappa shape index (κ2) is 10.3. The van der Waals surface area contributed by atoms with Gasteiger partial charge in [0.1, 0.15) is 5.82 Å². The molecule has 1 heterocycles. The average molecular weight is 539 g/mol. The van der Waals surface area contributed by atoms with Gasteiger partial charge in [-0.05, 0) is 71.1 Å². The number of aryl methyl sites for hydroxylation is 1. The molecule has 176 valence electrons. The Morgan fingerprint density at radius 2 is 1.85 bits per heavy atom. The second-order valence-electron chi connectivity index (χ2n) is 7.72. The Kier molecular flexibility index (Phi) is 7.90. The number of nitrogens with zero attached hydrogens (tertiary/aromatic N) is 1. The Morgan fingerprint density at radius 3 is 2.42 bits per heavy atom. The van der Waals surface area contributed by atoms with Crippen LogP contribution in [0.15, 0.2) is 57.7 Å². The van der Waals surface area contributed by atoms with Crippen LogP contribution in [0.5, 0.6) is 0 Å². The van der Waals surface area contributed by atoms with E-state index in [1.165, 1.54) is 12.3 Å². The lowest BCUT2D eigenvalue weighted by molar-refractivity contribution is -0.116. The molecule has 0 saturated heterocycles. The molecule has 0 unspecified atom stereocenters. The van der Waals surface area contributed by atoms with Gasteiger partial charge in [-0.1, -0.05) is 31.1 Å². The Bertz CT molecular complexity index is 1170. The normalized spacial score (nSPS) is 12.1. The van der Waals surface area contributed by atoms with Crippen molar-refractivity contribution in [3.8, 4) is 11.3 Å². The molecule has 7 nitrogen and oxygen atoms in total. The topological polar surface area (TPSA) is 113 Å². The maximum atomic E-state index is 13.5. The van der Waals surface area contributed by atoms with Crippen LogP contribution in [0.4, 0.5) is 10.1 Å². The number of hydrogen-bond acceptors (Lipinski definition) is 4. The lowest BCUT2D eigenvalue weighted by Gasteiger charge is -2.33. The van der Waals surface area contributed by atoms with Crippen molar-refractivity contribution in [3.63, 3.8) is 0 Å². The zero-order valence-corrected chi connectivity index (χ0v) is 20.7. The minimum atomic E-state index is -4.37. The van der Waals surface area contributed by atoms with Crippen LogP contribution < -0.4 is 5.32 Å². The van der Waals surface area contributed by atoms with Gasteiger partial charge in [0.2, 0.25) is 5.91 Å². The Hall–Kier alpha value is -2.32. The van der Waals surface area contributed by atoms with Crippen molar-refractivity contribution in [2.45, 2.75) is 44.7 Å². The van der Waals surface area contributed by atoms with Crippen molar-refractivity contribution < 1.29 is 28.1 Å². The number of halogens is 2. The van der Waals surface area contributed by atoms with E-state index in [9.17, 15) is 23.5 Å². The Morgan fingerprint density at radius 1 is 1.18 bits per heavy atom. The maximum absolute atomic E-state index is 13.5. The van der Waals surface area contributed by atoms with E-state index >= 15 is 0 Å². The highest BCUT2D eigenvalue weighted by Crippen LogP contribution is 2.60. The maximum Gasteiger partial charge on any atom is 0.335 e. The number of nitrogens with one attached hydrogen (secondary N) is 1. The van der Waals surface area contributed by atoms with E-state index < -0.39 is 12.8 Å². The smallest absolute Gasteiger partial charge is 0.335 e. The van der Waals surface area contributed by atoms with Crippen LogP contribution in [0.1, 0.15) is 44.2 Å². The molecule has 0 aliphatic heterocycles. The molecule has 0 saturated carbocycles. The molecular weight excluding hydrogens is 514 g/mol. The van der Waals surface area contributed by atoms with E-state index in [2.05, 4.69) is 26.4 Å². The summed E-state index contributed by atoms with van der Waals surface area (Å²) < 4.78 is 31.2. The number of carbonyl (C=O) groups is 1. The summed E-state index contributed by atoms with van der Waals surface area (Å²) in [5, 5.41) is 5.35. The summed E-state index contributed by atoms with van der Waals surface area (Å²) in [5.74, 6) is -0.149. The minimum absolute atomic E-state index is 0.161. The first-order chi connectivity index (χ1) is 15.6. The zero-order valence-electron chi connectivity index (χ0n) is 18.2. The molecule has 1 amide bonds. The van der Waals surface area contributed by atoms with Crippen molar-refractivity contribution in [1.82, 2.24) is 5.16 Å². The van der Waals surface area contributed by atoms with Gasteiger partial charge in [-0.25, -0.2) is 4.39 Å². The van der Waals surface area contributed by atoms with Gasteiger partial charge in [0.05, 0.1) is 15.8 Å². The first-order valence-corrected chi connectivity index (χ1v) is 12.9. The third-order valence-electron chi connectivity index (χ3n) is 5.88. The molecule has 0 bridgehead atoms. The molecule has 2 aromatic carbocycles. The monoisotopic (exact) mass is 538 g/mol. The average Bonchev–Trinajstić information content (AvgIpc) is 3.24. The van der Waals surface area contributed by atoms with Gasteiger partial charge < -0.3 is 19.6 Å². The Labute approximate surface area is 199 Å². The van der Waals surface area contributed by atoms with Crippen molar-refractivity contribution in [3.05, 3.63) is 70.1 Å².